The van der Waals surface area contributed by atoms with Crippen molar-refractivity contribution in [3.8, 4) is 0 Å². The summed E-state index contributed by atoms with van der Waals surface area (Å²) in [5.41, 5.74) is -4.03. The molecule has 0 aliphatic carbocycles. The van der Waals surface area contributed by atoms with Gasteiger partial charge in [0.1, 0.15) is 11.7 Å². The summed E-state index contributed by atoms with van der Waals surface area (Å²) in [4.78, 5) is 28.1. The molecule has 0 saturated heterocycles. The van der Waals surface area contributed by atoms with Crippen molar-refractivity contribution in [1.82, 2.24) is 4.98 Å². The van der Waals surface area contributed by atoms with Gasteiger partial charge in [-0.05, 0) is 39.7 Å². The molecule has 0 fully saturated rings. The molecule has 0 bridgehead atoms. The number of halogens is 3. The van der Waals surface area contributed by atoms with Crippen LogP contribution in [0.1, 0.15) is 61.5 Å². The van der Waals surface area contributed by atoms with Gasteiger partial charge in [-0.1, -0.05) is 6.08 Å². The highest BCUT2D eigenvalue weighted by molar-refractivity contribution is 7.79. The van der Waals surface area contributed by atoms with Crippen LogP contribution in [0.2, 0.25) is 0 Å². The van der Waals surface area contributed by atoms with Crippen LogP contribution in [0.5, 0.6) is 0 Å². The summed E-state index contributed by atoms with van der Waals surface area (Å²) in [6.45, 7) is 8.18. The van der Waals surface area contributed by atoms with E-state index in [2.05, 4.69) is 21.6 Å². The number of carbonyl (C=O) groups excluding carboxylic acids is 2. The number of methoxy groups -OCH3 is 1. The fourth-order valence-electron chi connectivity index (χ4n) is 2.42. The molecule has 1 aromatic rings. The minimum absolute atomic E-state index is 0.0292. The minimum Gasteiger partial charge on any atom is -0.464 e. The van der Waals surface area contributed by atoms with E-state index in [0.29, 0.717) is 6.07 Å². The molecule has 0 aliphatic heterocycles. The number of nitrogens with one attached hydrogen (secondary N) is 1. The molecule has 1 aromatic heterocycles. The van der Waals surface area contributed by atoms with Gasteiger partial charge in [0, 0.05) is 6.26 Å². The van der Waals surface area contributed by atoms with Gasteiger partial charge in [0.25, 0.3) is 0 Å². The normalized spacial score (nSPS) is 13.8. The molecule has 0 radical (unpaired) electrons. The zero-order chi connectivity index (χ0) is 24.0. The van der Waals surface area contributed by atoms with E-state index in [4.69, 9.17) is 8.92 Å². The molecule has 1 heterocycles. The summed E-state index contributed by atoms with van der Waals surface area (Å²) in [7, 11) is 1.01. The second-order valence-corrected chi connectivity index (χ2v) is 8.28. The summed E-state index contributed by atoms with van der Waals surface area (Å²) >= 11 is -1.93. The van der Waals surface area contributed by atoms with E-state index in [1.54, 1.807) is 20.8 Å². The predicted molar refractivity (Wildman–Crippen MR) is 108 cm³/mol. The first-order chi connectivity index (χ1) is 14.2. The van der Waals surface area contributed by atoms with E-state index in [-0.39, 0.29) is 12.8 Å². The second kappa shape index (κ2) is 10.7. The number of alkyl halides is 3. The molecule has 1 rings (SSSR count). The van der Waals surface area contributed by atoms with Crippen LogP contribution in [0, 0.1) is 0 Å². The Hall–Kier alpha value is -2.47. The van der Waals surface area contributed by atoms with Crippen molar-refractivity contribution in [2.45, 2.75) is 51.5 Å². The number of nitrogens with zero attached hydrogens (tertiary/aromatic N) is 1. The van der Waals surface area contributed by atoms with Crippen molar-refractivity contribution in [1.29, 1.82) is 0 Å². The van der Waals surface area contributed by atoms with Gasteiger partial charge in [0.15, 0.2) is 16.8 Å². The molecule has 0 aromatic carbocycles. The van der Waals surface area contributed by atoms with Crippen molar-refractivity contribution in [3.05, 3.63) is 35.7 Å². The summed E-state index contributed by atoms with van der Waals surface area (Å²) < 4.78 is 67.8. The number of amides is 1. The van der Waals surface area contributed by atoms with Crippen molar-refractivity contribution >= 4 is 28.8 Å². The highest BCUT2D eigenvalue weighted by atomic mass is 32.2. The molecule has 12 heteroatoms. The average molecular weight is 466 g/mol. The monoisotopic (exact) mass is 466 g/mol. The van der Waals surface area contributed by atoms with E-state index >= 15 is 0 Å². The topological polar surface area (TPSA) is 104 Å². The number of anilines is 1. The van der Waals surface area contributed by atoms with Gasteiger partial charge in [-0.3, -0.25) is 9.50 Å². The van der Waals surface area contributed by atoms with Gasteiger partial charge in [0.2, 0.25) is 0 Å². The quantitative estimate of drug-likeness (QED) is 0.443. The number of hydrogen-bond acceptors (Lipinski definition) is 7. The number of esters is 1. The third-order valence-electron chi connectivity index (χ3n) is 3.56. The van der Waals surface area contributed by atoms with Gasteiger partial charge in [0.05, 0.1) is 24.1 Å². The van der Waals surface area contributed by atoms with Crippen LogP contribution in [0.3, 0.4) is 0 Å². The third-order valence-corrected chi connectivity index (χ3v) is 4.06. The van der Waals surface area contributed by atoms with E-state index in [1.807, 2.05) is 0 Å². The van der Waals surface area contributed by atoms with E-state index in [1.165, 1.54) is 6.08 Å². The van der Waals surface area contributed by atoms with Crippen molar-refractivity contribution in [2.24, 2.45) is 0 Å². The fraction of sp³-hybridized carbons (Fsp3) is 0.526. The van der Waals surface area contributed by atoms with Gasteiger partial charge in [-0.15, -0.1) is 6.58 Å². The Balaban J connectivity index is 3.66. The molecule has 31 heavy (non-hydrogen) atoms. The van der Waals surface area contributed by atoms with E-state index < -0.39 is 63.7 Å². The number of rotatable bonds is 8. The minimum atomic E-state index is -4.92. The van der Waals surface area contributed by atoms with Crippen molar-refractivity contribution < 1.29 is 40.6 Å². The highest BCUT2D eigenvalue weighted by Crippen LogP contribution is 2.39. The number of aromatic nitrogens is 1. The van der Waals surface area contributed by atoms with E-state index in [9.17, 15) is 27.0 Å². The van der Waals surface area contributed by atoms with Gasteiger partial charge in [-0.25, -0.2) is 18.8 Å². The third kappa shape index (κ3) is 8.29. The first-order valence-electron chi connectivity index (χ1n) is 9.01. The molecule has 0 saturated carbocycles. The van der Waals surface area contributed by atoms with E-state index in [0.717, 1.165) is 13.4 Å². The maximum atomic E-state index is 13.8. The maximum absolute atomic E-state index is 13.8. The van der Waals surface area contributed by atoms with Crippen LogP contribution >= 0.6 is 0 Å². The molecule has 2 unspecified atom stereocenters. The van der Waals surface area contributed by atoms with Crippen LogP contribution in [0.25, 0.3) is 0 Å². The Bertz CT molecular complexity index is 852. The second-order valence-electron chi connectivity index (χ2n) is 7.29. The zero-order valence-electron chi connectivity index (χ0n) is 17.8. The van der Waals surface area contributed by atoms with Gasteiger partial charge in [-0.2, -0.15) is 13.2 Å². The Morgan fingerprint density at radius 3 is 2.39 bits per heavy atom. The molecule has 1 N–H and O–H groups in total. The molecule has 174 valence electrons. The van der Waals surface area contributed by atoms with Crippen molar-refractivity contribution in [3.63, 3.8) is 0 Å². The lowest BCUT2D eigenvalue weighted by atomic mass is 10.0. The Morgan fingerprint density at radius 1 is 1.32 bits per heavy atom. The summed E-state index contributed by atoms with van der Waals surface area (Å²) in [6, 6.07) is 0.543. The zero-order valence-corrected chi connectivity index (χ0v) is 18.6. The maximum Gasteiger partial charge on any atom is 0.418 e. The number of ether oxygens (including phenoxy) is 2. The van der Waals surface area contributed by atoms with Crippen LogP contribution in [0.15, 0.2) is 18.7 Å². The average Bonchev–Trinajstić information content (AvgIpc) is 2.61. The largest absolute Gasteiger partial charge is 0.464 e. The summed E-state index contributed by atoms with van der Waals surface area (Å²) in [5.74, 6) is -1.10. The number of pyridine rings is 1. The van der Waals surface area contributed by atoms with Crippen LogP contribution in [0.4, 0.5) is 23.7 Å². The SMILES string of the molecule is C=CCCC(OS(C)=O)c1nc(C(=O)OC)c(NC(=O)OC(C)(C)C)cc1C(F)(F)F. The molecule has 1 amide bonds. The lowest BCUT2D eigenvalue weighted by Gasteiger charge is -2.23. The number of allylic oxidation sites excluding steroid dienone is 1. The molecule has 0 aliphatic rings. The molecule has 2 atom stereocenters. The summed E-state index contributed by atoms with van der Waals surface area (Å²) in [5, 5.41) is 2.10. The molecular formula is C19H25F3N2O6S. The molecule has 0 spiro atoms. The lowest BCUT2D eigenvalue weighted by Crippen LogP contribution is -2.29. The van der Waals surface area contributed by atoms with Crippen LogP contribution in [-0.2, 0) is 30.9 Å². The van der Waals surface area contributed by atoms with Crippen LogP contribution < -0.4 is 5.32 Å². The molecule has 8 nitrogen and oxygen atoms in total. The lowest BCUT2D eigenvalue weighted by molar-refractivity contribution is -0.139. The highest BCUT2D eigenvalue weighted by Gasteiger charge is 2.39. The molecular weight excluding hydrogens is 441 g/mol. The van der Waals surface area contributed by atoms with Crippen molar-refractivity contribution in [2.75, 3.05) is 18.7 Å². The summed E-state index contributed by atoms with van der Waals surface area (Å²) in [6.07, 6.45) is -4.58. The number of carbonyl (C=O) groups is 2. The first-order valence-corrected chi connectivity index (χ1v) is 10.5. The fourth-order valence-corrected chi connectivity index (χ4v) is 2.94. The van der Waals surface area contributed by atoms with Crippen LogP contribution in [-0.4, -0.2) is 40.2 Å². The first kappa shape index (κ1) is 26.6. The Labute approximate surface area is 180 Å². The van der Waals surface area contributed by atoms with Gasteiger partial charge < -0.3 is 9.47 Å². The Morgan fingerprint density at radius 2 is 1.94 bits per heavy atom. The smallest absolute Gasteiger partial charge is 0.418 e. The number of hydrogen-bond donors (Lipinski definition) is 1. The Kier molecular flexibility index (Phi) is 9.18. The van der Waals surface area contributed by atoms with Gasteiger partial charge >= 0.3 is 18.2 Å². The predicted octanol–water partition coefficient (Wildman–Crippen LogP) is 4.55. The standard InChI is InChI=1S/C19H25F3N2O6S/c1-7-8-9-13(30-31(6)27)14-11(19(20,21)22)10-12(15(24-14)16(25)28-5)23-17(26)29-18(2,3)4/h7,10,13H,1,8-9H2,2-6H3,(H,23,26).